The SMILES string of the molecule is Cc1cc(Nc2ccnc(Nc3ccc(S(=O)(=O)N(CCN4CCCC4)C4CCN(C)CC4)cc3)n2)ccc1F. The number of hydrogen-bond acceptors (Lipinski definition) is 8. The molecule has 0 atom stereocenters. The first kappa shape index (κ1) is 28.4. The molecule has 2 aliphatic heterocycles. The Balaban J connectivity index is 1.28. The van der Waals surface area contributed by atoms with Crippen LogP contribution in [-0.2, 0) is 10.0 Å². The Labute approximate surface area is 236 Å². The van der Waals surface area contributed by atoms with Gasteiger partial charge in [-0.3, -0.25) is 0 Å². The second-order valence-corrected chi connectivity index (χ2v) is 12.6. The maximum atomic E-state index is 13.9. The molecule has 0 radical (unpaired) electrons. The Morgan fingerprint density at radius 2 is 1.68 bits per heavy atom. The van der Waals surface area contributed by atoms with E-state index in [9.17, 15) is 12.8 Å². The standard InChI is InChI=1S/C29H38FN7O2S/c1-22-21-24(7-10-27(22)30)32-28-11-14-31-29(34-28)33-23-5-8-26(9-6-23)40(38,39)37(20-19-36-15-3-4-16-36)25-12-17-35(2)18-13-25/h5-11,14,21,25H,3-4,12-13,15-20H2,1-2H3,(H2,31,32,33,34). The van der Waals surface area contributed by atoms with Crippen molar-refractivity contribution in [3.8, 4) is 0 Å². The van der Waals surface area contributed by atoms with Gasteiger partial charge in [0.15, 0.2) is 0 Å². The Morgan fingerprint density at radius 1 is 0.975 bits per heavy atom. The molecule has 2 N–H and O–H groups in total. The van der Waals surface area contributed by atoms with Gasteiger partial charge < -0.3 is 20.4 Å². The van der Waals surface area contributed by atoms with Gasteiger partial charge in [-0.05, 0) is 120 Å². The summed E-state index contributed by atoms with van der Waals surface area (Å²) < 4.78 is 43.1. The van der Waals surface area contributed by atoms with E-state index >= 15 is 0 Å². The van der Waals surface area contributed by atoms with Crippen LogP contribution < -0.4 is 10.6 Å². The van der Waals surface area contributed by atoms with Crippen molar-refractivity contribution in [2.75, 3.05) is 56.9 Å². The molecule has 1 aromatic heterocycles. The van der Waals surface area contributed by atoms with Crippen LogP contribution in [0.4, 0.5) is 27.5 Å². The van der Waals surface area contributed by atoms with E-state index in [0.29, 0.717) is 34.5 Å². The Morgan fingerprint density at radius 3 is 2.38 bits per heavy atom. The summed E-state index contributed by atoms with van der Waals surface area (Å²) in [5.41, 5.74) is 1.94. The summed E-state index contributed by atoms with van der Waals surface area (Å²) >= 11 is 0. The van der Waals surface area contributed by atoms with Crippen molar-refractivity contribution >= 4 is 33.2 Å². The van der Waals surface area contributed by atoms with Crippen LogP contribution in [0, 0.1) is 12.7 Å². The van der Waals surface area contributed by atoms with Crippen LogP contribution in [-0.4, -0.2) is 84.8 Å². The Hall–Kier alpha value is -3.12. The van der Waals surface area contributed by atoms with Gasteiger partial charge in [0, 0.05) is 36.7 Å². The van der Waals surface area contributed by atoms with E-state index in [1.54, 1.807) is 59.9 Å². The maximum absolute atomic E-state index is 13.9. The van der Waals surface area contributed by atoms with Gasteiger partial charge in [-0.2, -0.15) is 9.29 Å². The molecular weight excluding hydrogens is 529 g/mol. The van der Waals surface area contributed by atoms with Gasteiger partial charge in [0.05, 0.1) is 4.90 Å². The molecule has 2 fully saturated rings. The molecular formula is C29H38FN7O2S. The zero-order chi connectivity index (χ0) is 28.1. The predicted octanol–water partition coefficient (Wildman–Crippen LogP) is 4.59. The lowest BCUT2D eigenvalue weighted by molar-refractivity contribution is 0.172. The van der Waals surface area contributed by atoms with Gasteiger partial charge in [-0.1, -0.05) is 0 Å². The molecule has 2 aliphatic rings. The number of aromatic nitrogens is 2. The number of hydrogen-bond donors (Lipinski definition) is 2. The molecule has 0 spiro atoms. The number of anilines is 4. The fourth-order valence-electron chi connectivity index (χ4n) is 5.36. The minimum Gasteiger partial charge on any atom is -0.340 e. The highest BCUT2D eigenvalue weighted by Gasteiger charge is 2.33. The largest absolute Gasteiger partial charge is 0.340 e. The lowest BCUT2D eigenvalue weighted by atomic mass is 10.1. The van der Waals surface area contributed by atoms with Gasteiger partial charge in [0.25, 0.3) is 0 Å². The minimum atomic E-state index is -3.66. The zero-order valence-corrected chi connectivity index (χ0v) is 24.0. The van der Waals surface area contributed by atoms with Gasteiger partial charge in [-0.25, -0.2) is 17.8 Å². The molecule has 0 unspecified atom stereocenters. The van der Waals surface area contributed by atoms with E-state index < -0.39 is 10.0 Å². The number of likely N-dealkylation sites (tertiary alicyclic amines) is 2. The van der Waals surface area contributed by atoms with E-state index in [0.717, 1.165) is 51.3 Å². The predicted molar refractivity (Wildman–Crippen MR) is 156 cm³/mol. The summed E-state index contributed by atoms with van der Waals surface area (Å²) in [4.78, 5) is 13.7. The minimum absolute atomic E-state index is 0.00939. The molecule has 9 nitrogen and oxygen atoms in total. The first-order valence-electron chi connectivity index (χ1n) is 13.9. The molecule has 3 heterocycles. The third-order valence-electron chi connectivity index (χ3n) is 7.73. The summed E-state index contributed by atoms with van der Waals surface area (Å²) in [5, 5.41) is 6.30. The second-order valence-electron chi connectivity index (χ2n) is 10.7. The molecule has 2 saturated heterocycles. The van der Waals surface area contributed by atoms with Crippen molar-refractivity contribution in [1.29, 1.82) is 0 Å². The van der Waals surface area contributed by atoms with Crippen LogP contribution in [0.1, 0.15) is 31.2 Å². The molecule has 11 heteroatoms. The van der Waals surface area contributed by atoms with Crippen LogP contribution in [0.15, 0.2) is 59.6 Å². The third-order valence-corrected chi connectivity index (χ3v) is 9.70. The van der Waals surface area contributed by atoms with Crippen molar-refractivity contribution in [3.05, 3.63) is 66.1 Å². The van der Waals surface area contributed by atoms with Crippen molar-refractivity contribution in [1.82, 2.24) is 24.1 Å². The fourth-order valence-corrected chi connectivity index (χ4v) is 7.04. The highest BCUT2D eigenvalue weighted by molar-refractivity contribution is 7.89. The summed E-state index contributed by atoms with van der Waals surface area (Å²) in [6, 6.07) is 13.3. The van der Waals surface area contributed by atoms with Crippen LogP contribution in [0.2, 0.25) is 0 Å². The average molecular weight is 568 g/mol. The topological polar surface area (TPSA) is 93.7 Å². The highest BCUT2D eigenvalue weighted by atomic mass is 32.2. The molecule has 214 valence electrons. The molecule has 0 bridgehead atoms. The van der Waals surface area contributed by atoms with Crippen molar-refractivity contribution in [2.45, 2.75) is 43.5 Å². The number of rotatable bonds is 10. The van der Waals surface area contributed by atoms with E-state index in [4.69, 9.17) is 0 Å². The lowest BCUT2D eigenvalue weighted by Gasteiger charge is -2.37. The van der Waals surface area contributed by atoms with Crippen LogP contribution in [0.3, 0.4) is 0 Å². The van der Waals surface area contributed by atoms with E-state index in [1.165, 1.54) is 18.9 Å². The molecule has 0 saturated carbocycles. The first-order valence-corrected chi connectivity index (χ1v) is 15.4. The van der Waals surface area contributed by atoms with Crippen LogP contribution in [0.25, 0.3) is 0 Å². The van der Waals surface area contributed by atoms with E-state index in [-0.39, 0.29) is 11.9 Å². The number of nitrogens with one attached hydrogen (secondary N) is 2. The molecule has 40 heavy (non-hydrogen) atoms. The Bertz CT molecular complexity index is 1390. The number of sulfonamides is 1. The van der Waals surface area contributed by atoms with Gasteiger partial charge in [0.2, 0.25) is 16.0 Å². The van der Waals surface area contributed by atoms with Crippen LogP contribution >= 0.6 is 0 Å². The molecule has 3 aromatic rings. The van der Waals surface area contributed by atoms with E-state index in [2.05, 4.69) is 37.4 Å². The highest BCUT2D eigenvalue weighted by Crippen LogP contribution is 2.26. The second kappa shape index (κ2) is 12.6. The molecule has 0 aliphatic carbocycles. The van der Waals surface area contributed by atoms with Gasteiger partial charge in [-0.15, -0.1) is 0 Å². The van der Waals surface area contributed by atoms with Crippen molar-refractivity contribution < 1.29 is 12.8 Å². The van der Waals surface area contributed by atoms with Gasteiger partial charge in [0.1, 0.15) is 11.6 Å². The third kappa shape index (κ3) is 6.95. The monoisotopic (exact) mass is 567 g/mol. The van der Waals surface area contributed by atoms with Gasteiger partial charge >= 0.3 is 0 Å². The number of aryl methyl sites for hydroxylation is 1. The molecule has 0 amide bonds. The lowest BCUT2D eigenvalue weighted by Crippen LogP contribution is -2.48. The fraction of sp³-hybridized carbons (Fsp3) is 0.448. The quantitative estimate of drug-likeness (QED) is 0.368. The average Bonchev–Trinajstić information content (AvgIpc) is 3.46. The van der Waals surface area contributed by atoms with Crippen LogP contribution in [0.5, 0.6) is 0 Å². The number of piperidine rings is 1. The summed E-state index contributed by atoms with van der Waals surface area (Å²) in [5.74, 6) is 0.648. The van der Waals surface area contributed by atoms with Crippen molar-refractivity contribution in [2.24, 2.45) is 0 Å². The maximum Gasteiger partial charge on any atom is 0.243 e. The van der Waals surface area contributed by atoms with Crippen molar-refractivity contribution in [3.63, 3.8) is 0 Å². The van der Waals surface area contributed by atoms with E-state index in [1.807, 2.05) is 0 Å². The molecule has 2 aromatic carbocycles. The molecule has 5 rings (SSSR count). The number of benzene rings is 2. The zero-order valence-electron chi connectivity index (χ0n) is 23.2. The number of nitrogens with zero attached hydrogens (tertiary/aromatic N) is 5. The summed E-state index contributed by atoms with van der Waals surface area (Å²) in [6.07, 6.45) is 5.67. The first-order chi connectivity index (χ1) is 19.3. The summed E-state index contributed by atoms with van der Waals surface area (Å²) in [7, 11) is -1.57. The number of halogens is 1. The summed E-state index contributed by atoms with van der Waals surface area (Å²) in [6.45, 7) is 6.88. The smallest absolute Gasteiger partial charge is 0.243 e. The Kier molecular flexibility index (Phi) is 8.94. The normalized spacial score (nSPS) is 17.4.